The van der Waals surface area contributed by atoms with Gasteiger partial charge in [-0.25, -0.2) is 23.1 Å². The smallest absolute Gasteiger partial charge is 0.337 e. The van der Waals surface area contributed by atoms with Gasteiger partial charge in [0.05, 0.1) is 17.9 Å². The van der Waals surface area contributed by atoms with Crippen molar-refractivity contribution in [1.29, 1.82) is 0 Å². The number of hydrogen-bond acceptors (Lipinski definition) is 6. The van der Waals surface area contributed by atoms with Gasteiger partial charge < -0.3 is 19.9 Å². The quantitative estimate of drug-likeness (QED) is 0.277. The molecule has 2 aromatic carbocycles. The van der Waals surface area contributed by atoms with Gasteiger partial charge in [0, 0.05) is 35.0 Å². The third-order valence-corrected chi connectivity index (χ3v) is 7.32. The Morgan fingerprint density at radius 1 is 1.16 bits per heavy atom. The van der Waals surface area contributed by atoms with Gasteiger partial charge in [0.1, 0.15) is 5.82 Å². The first-order chi connectivity index (χ1) is 20.3. The van der Waals surface area contributed by atoms with Crippen LogP contribution in [0.2, 0.25) is 0 Å². The van der Waals surface area contributed by atoms with Crippen molar-refractivity contribution < 1.29 is 33.0 Å². The second-order valence-electron chi connectivity index (χ2n) is 11.6. The summed E-state index contributed by atoms with van der Waals surface area (Å²) in [7, 11) is 0. The number of fused-ring (bicyclic) bond motifs is 2. The molecule has 1 amide bonds. The summed E-state index contributed by atoms with van der Waals surface area (Å²) in [6.45, 7) is 9.41. The SMILES string of the molecule is Cc1nc2cc(C(=O)NCCc3ccc(F)cc3)nn2c(-c2cc(F)c3c(c2C)CCCO3)c1C(OC(C)(C)C)C(=O)O. The van der Waals surface area contributed by atoms with Crippen LogP contribution in [-0.2, 0) is 22.4 Å². The van der Waals surface area contributed by atoms with E-state index in [-0.39, 0.29) is 40.7 Å². The second kappa shape index (κ2) is 11.7. The lowest BCUT2D eigenvalue weighted by Gasteiger charge is -2.28. The van der Waals surface area contributed by atoms with Crippen molar-refractivity contribution in [2.75, 3.05) is 13.2 Å². The van der Waals surface area contributed by atoms with Crippen molar-refractivity contribution in [3.63, 3.8) is 0 Å². The molecule has 3 heterocycles. The number of carboxylic acids is 1. The molecule has 43 heavy (non-hydrogen) atoms. The van der Waals surface area contributed by atoms with E-state index in [4.69, 9.17) is 9.47 Å². The van der Waals surface area contributed by atoms with E-state index in [2.05, 4.69) is 15.4 Å². The molecule has 0 aliphatic carbocycles. The number of amides is 1. The Kier molecular flexibility index (Phi) is 8.20. The standard InChI is InChI=1S/C32H34F2N4O5/c1-17-21-7-6-14-42-28(21)23(34)15-22(17)27-26(29(31(40)41)43-32(3,4)5)18(2)36-25-16-24(37-38(25)27)30(39)35-13-12-19-8-10-20(33)11-9-19/h8-11,15-16,29H,6-7,12-14H2,1-5H3,(H,35,39)(H,40,41). The lowest BCUT2D eigenvalue weighted by Crippen LogP contribution is -2.29. The highest BCUT2D eigenvalue weighted by Gasteiger charge is 2.35. The molecule has 4 aromatic rings. The number of aromatic nitrogens is 3. The summed E-state index contributed by atoms with van der Waals surface area (Å²) in [5.74, 6) is -2.43. The van der Waals surface area contributed by atoms with Gasteiger partial charge in [0.15, 0.2) is 29.0 Å². The lowest BCUT2D eigenvalue weighted by molar-refractivity contribution is -0.160. The number of ether oxygens (including phenoxy) is 2. The zero-order valence-electron chi connectivity index (χ0n) is 24.8. The number of halogens is 2. The van der Waals surface area contributed by atoms with E-state index < -0.39 is 29.4 Å². The van der Waals surface area contributed by atoms with Gasteiger partial charge in [-0.2, -0.15) is 5.10 Å². The molecule has 0 bridgehead atoms. The van der Waals surface area contributed by atoms with Crippen molar-refractivity contribution in [3.05, 3.63) is 81.7 Å². The summed E-state index contributed by atoms with van der Waals surface area (Å²) < 4.78 is 41.7. The van der Waals surface area contributed by atoms with Crippen molar-refractivity contribution in [1.82, 2.24) is 19.9 Å². The molecule has 0 radical (unpaired) electrons. The molecular weight excluding hydrogens is 558 g/mol. The van der Waals surface area contributed by atoms with E-state index in [1.807, 2.05) is 6.92 Å². The van der Waals surface area contributed by atoms with Crippen molar-refractivity contribution >= 4 is 17.5 Å². The summed E-state index contributed by atoms with van der Waals surface area (Å²) in [5.41, 5.74) is 2.99. The summed E-state index contributed by atoms with van der Waals surface area (Å²) in [6, 6.07) is 8.83. The first-order valence-corrected chi connectivity index (χ1v) is 14.1. The Morgan fingerprint density at radius 3 is 2.56 bits per heavy atom. The monoisotopic (exact) mass is 592 g/mol. The highest BCUT2D eigenvalue weighted by Crippen LogP contribution is 2.41. The molecule has 0 spiro atoms. The fraction of sp³-hybridized carbons (Fsp3) is 0.375. The number of aliphatic carboxylic acids is 1. The summed E-state index contributed by atoms with van der Waals surface area (Å²) in [4.78, 5) is 30.4. The molecule has 0 fully saturated rings. The number of hydrogen-bond donors (Lipinski definition) is 2. The lowest BCUT2D eigenvalue weighted by atomic mass is 9.91. The van der Waals surface area contributed by atoms with Crippen LogP contribution < -0.4 is 10.1 Å². The van der Waals surface area contributed by atoms with E-state index in [1.54, 1.807) is 39.8 Å². The normalized spacial score (nSPS) is 13.8. The van der Waals surface area contributed by atoms with E-state index in [9.17, 15) is 19.1 Å². The van der Waals surface area contributed by atoms with Gasteiger partial charge in [-0.1, -0.05) is 12.1 Å². The molecular formula is C32H34F2N4O5. The molecule has 1 aliphatic rings. The number of carbonyl (C=O) groups excluding carboxylic acids is 1. The number of benzene rings is 2. The van der Waals surface area contributed by atoms with Crippen molar-refractivity contribution in [2.24, 2.45) is 0 Å². The Bertz CT molecular complexity index is 1710. The summed E-state index contributed by atoms with van der Waals surface area (Å²) >= 11 is 0. The Hall–Kier alpha value is -4.38. The van der Waals surface area contributed by atoms with Gasteiger partial charge in [0.25, 0.3) is 5.91 Å². The van der Waals surface area contributed by atoms with Crippen LogP contribution in [0.3, 0.4) is 0 Å². The van der Waals surface area contributed by atoms with Gasteiger partial charge >= 0.3 is 5.97 Å². The second-order valence-corrected chi connectivity index (χ2v) is 11.6. The van der Waals surface area contributed by atoms with Crippen LogP contribution in [0.1, 0.15) is 71.7 Å². The maximum Gasteiger partial charge on any atom is 0.337 e. The highest BCUT2D eigenvalue weighted by molar-refractivity contribution is 5.93. The minimum Gasteiger partial charge on any atom is -0.490 e. The van der Waals surface area contributed by atoms with Crippen LogP contribution in [0.5, 0.6) is 5.75 Å². The fourth-order valence-corrected chi connectivity index (χ4v) is 5.37. The predicted molar refractivity (Wildman–Crippen MR) is 155 cm³/mol. The average molecular weight is 593 g/mol. The molecule has 2 N–H and O–H groups in total. The van der Waals surface area contributed by atoms with E-state index in [1.165, 1.54) is 28.8 Å². The third-order valence-electron chi connectivity index (χ3n) is 7.32. The van der Waals surface area contributed by atoms with Crippen LogP contribution >= 0.6 is 0 Å². The average Bonchev–Trinajstić information content (AvgIpc) is 3.37. The number of carbonyl (C=O) groups is 2. The molecule has 2 aromatic heterocycles. The van der Waals surface area contributed by atoms with Crippen molar-refractivity contribution in [3.8, 4) is 17.0 Å². The number of nitrogens with one attached hydrogen (secondary N) is 1. The van der Waals surface area contributed by atoms with E-state index in [0.717, 1.165) is 5.56 Å². The first kappa shape index (κ1) is 30.1. The third kappa shape index (κ3) is 6.22. The van der Waals surface area contributed by atoms with Crippen LogP contribution in [0.25, 0.3) is 16.9 Å². The first-order valence-electron chi connectivity index (χ1n) is 14.1. The maximum absolute atomic E-state index is 15.5. The number of carboxylic acid groups (broad SMARTS) is 1. The number of aryl methyl sites for hydroxylation is 1. The predicted octanol–water partition coefficient (Wildman–Crippen LogP) is 5.53. The molecule has 226 valence electrons. The van der Waals surface area contributed by atoms with Crippen molar-refractivity contribution in [2.45, 2.75) is 65.6 Å². The zero-order valence-corrected chi connectivity index (χ0v) is 24.8. The Morgan fingerprint density at radius 2 is 1.88 bits per heavy atom. The molecule has 0 saturated heterocycles. The van der Waals surface area contributed by atoms with Crippen LogP contribution in [0.4, 0.5) is 8.78 Å². The number of rotatable bonds is 8. The Balaban J connectivity index is 1.64. The zero-order chi connectivity index (χ0) is 31.1. The fourth-order valence-electron chi connectivity index (χ4n) is 5.37. The summed E-state index contributed by atoms with van der Waals surface area (Å²) in [5, 5.41) is 17.7. The summed E-state index contributed by atoms with van der Waals surface area (Å²) in [6.07, 6.45) is 0.324. The van der Waals surface area contributed by atoms with Crippen LogP contribution in [0.15, 0.2) is 36.4 Å². The topological polar surface area (TPSA) is 115 Å². The molecule has 11 heteroatoms. The molecule has 0 saturated carbocycles. The van der Waals surface area contributed by atoms with E-state index in [0.29, 0.717) is 48.3 Å². The molecule has 1 atom stereocenters. The minimum absolute atomic E-state index is 0.0486. The van der Waals surface area contributed by atoms with Crippen LogP contribution in [0, 0.1) is 25.5 Å². The van der Waals surface area contributed by atoms with Gasteiger partial charge in [-0.15, -0.1) is 0 Å². The van der Waals surface area contributed by atoms with Gasteiger partial charge in [0.2, 0.25) is 0 Å². The molecule has 9 nitrogen and oxygen atoms in total. The molecule has 1 unspecified atom stereocenters. The highest BCUT2D eigenvalue weighted by atomic mass is 19.1. The Labute approximate surface area is 247 Å². The maximum atomic E-state index is 15.5. The van der Waals surface area contributed by atoms with Gasteiger partial charge in [-0.05, 0) is 83.2 Å². The minimum atomic E-state index is -1.46. The van der Waals surface area contributed by atoms with Gasteiger partial charge in [-0.3, -0.25) is 4.79 Å². The molecule has 1 aliphatic heterocycles. The van der Waals surface area contributed by atoms with Crippen LogP contribution in [-0.4, -0.2) is 50.3 Å². The molecule has 5 rings (SSSR count). The van der Waals surface area contributed by atoms with E-state index >= 15 is 4.39 Å². The largest absolute Gasteiger partial charge is 0.490 e. The number of nitrogens with zero attached hydrogens (tertiary/aromatic N) is 3.